The molecule has 1 fully saturated rings. The molecule has 0 aromatic heterocycles. The van der Waals surface area contributed by atoms with Crippen LogP contribution in [-0.2, 0) is 16.0 Å². The van der Waals surface area contributed by atoms with Crippen molar-refractivity contribution >= 4 is 17.5 Å². The van der Waals surface area contributed by atoms with Crippen LogP contribution in [0.1, 0.15) is 18.9 Å². The Morgan fingerprint density at radius 3 is 2.52 bits per heavy atom. The zero-order valence-corrected chi connectivity index (χ0v) is 14.4. The average molecular weight is 338 g/mol. The lowest BCUT2D eigenvalue weighted by molar-refractivity contribution is -0.130. The Kier molecular flexibility index (Phi) is 5.03. The van der Waals surface area contributed by atoms with Crippen LogP contribution in [-0.4, -0.2) is 54.3 Å². The monoisotopic (exact) mass is 338 g/mol. The van der Waals surface area contributed by atoms with E-state index in [1.165, 1.54) is 0 Å². The van der Waals surface area contributed by atoms with Crippen molar-refractivity contribution in [2.75, 3.05) is 37.6 Å². The number of amides is 2. The van der Waals surface area contributed by atoms with E-state index in [2.05, 4.69) is 6.07 Å². The minimum absolute atomic E-state index is 0.0603. The molecular weight excluding hydrogens is 316 g/mol. The number of fused-ring (bicyclic) bond motifs is 1. The summed E-state index contributed by atoms with van der Waals surface area (Å²) in [7, 11) is 0. The maximum absolute atomic E-state index is 12.9. The van der Waals surface area contributed by atoms with Gasteiger partial charge >= 0.3 is 0 Å². The van der Waals surface area contributed by atoms with Gasteiger partial charge in [-0.25, -0.2) is 0 Å². The molecule has 6 nitrogen and oxygen atoms in total. The van der Waals surface area contributed by atoms with Crippen LogP contribution in [0.4, 0.5) is 5.69 Å². The lowest BCUT2D eigenvalue weighted by Crippen LogP contribution is -2.46. The third kappa shape index (κ3) is 3.66. The summed E-state index contributed by atoms with van der Waals surface area (Å²) in [6.45, 7) is 4.69. The largest absolute Gasteiger partial charge is 0.373 e. The van der Waals surface area contributed by atoms with Gasteiger partial charge in [0.25, 0.3) is 5.91 Å². The number of hydrogen-bond donors (Lipinski definition) is 0. The summed E-state index contributed by atoms with van der Waals surface area (Å²) in [5.41, 5.74) is 2.20. The van der Waals surface area contributed by atoms with Gasteiger partial charge in [-0.3, -0.25) is 9.59 Å². The molecule has 1 aromatic rings. The average Bonchev–Trinajstić information content (AvgIpc) is 2.65. The molecule has 2 amide bonds. The molecule has 0 N–H and O–H groups in total. The predicted molar refractivity (Wildman–Crippen MR) is 94.6 cm³/mol. The van der Waals surface area contributed by atoms with E-state index in [0.29, 0.717) is 32.7 Å². The number of benzene rings is 1. The van der Waals surface area contributed by atoms with E-state index in [-0.39, 0.29) is 17.4 Å². The van der Waals surface area contributed by atoms with E-state index in [1.807, 2.05) is 29.2 Å². The first-order valence-electron chi connectivity index (χ1n) is 8.61. The van der Waals surface area contributed by atoms with Crippen LogP contribution in [0, 0.1) is 11.3 Å². The summed E-state index contributed by atoms with van der Waals surface area (Å²) in [6.07, 6.45) is 3.51. The molecule has 2 heterocycles. The highest BCUT2D eigenvalue weighted by Crippen LogP contribution is 2.27. The Bertz CT molecular complexity index is 742. The zero-order chi connectivity index (χ0) is 17.8. The summed E-state index contributed by atoms with van der Waals surface area (Å²) in [6, 6.07) is 9.92. The molecule has 2 aliphatic heterocycles. The first-order chi connectivity index (χ1) is 12.1. The summed E-state index contributed by atoms with van der Waals surface area (Å²) < 4.78 is 0. The van der Waals surface area contributed by atoms with Crippen molar-refractivity contribution in [2.45, 2.75) is 19.8 Å². The summed E-state index contributed by atoms with van der Waals surface area (Å²) in [5.74, 6) is -0.186. The van der Waals surface area contributed by atoms with E-state index in [9.17, 15) is 14.9 Å². The van der Waals surface area contributed by atoms with Crippen molar-refractivity contribution in [1.82, 2.24) is 9.80 Å². The number of nitriles is 1. The molecule has 130 valence electrons. The number of piperazine rings is 1. The second-order valence-electron chi connectivity index (χ2n) is 6.39. The quantitative estimate of drug-likeness (QED) is 0.606. The van der Waals surface area contributed by atoms with Gasteiger partial charge in [-0.1, -0.05) is 18.2 Å². The number of hydrogen-bond acceptors (Lipinski definition) is 4. The van der Waals surface area contributed by atoms with Gasteiger partial charge in [-0.2, -0.15) is 5.26 Å². The maximum Gasteiger partial charge on any atom is 0.270 e. The fourth-order valence-corrected chi connectivity index (χ4v) is 3.37. The zero-order valence-electron chi connectivity index (χ0n) is 14.4. The Hall–Kier alpha value is -2.81. The highest BCUT2D eigenvalue weighted by Gasteiger charge is 2.26. The minimum Gasteiger partial charge on any atom is -0.373 e. The number of carbonyl (C=O) groups is 2. The fraction of sp³-hybridized carbons (Fsp3) is 0.421. The van der Waals surface area contributed by atoms with Crippen molar-refractivity contribution < 1.29 is 9.59 Å². The first-order valence-corrected chi connectivity index (χ1v) is 8.61. The number of para-hydroxylation sites is 1. The molecule has 0 radical (unpaired) electrons. The number of aryl methyl sites for hydroxylation is 1. The smallest absolute Gasteiger partial charge is 0.270 e. The molecule has 6 heteroatoms. The van der Waals surface area contributed by atoms with Crippen LogP contribution in [0.25, 0.3) is 0 Å². The van der Waals surface area contributed by atoms with Gasteiger partial charge in [0.2, 0.25) is 5.91 Å². The molecule has 0 aliphatic carbocycles. The second-order valence-corrected chi connectivity index (χ2v) is 6.39. The number of nitrogens with zero attached hydrogens (tertiary/aromatic N) is 4. The third-order valence-electron chi connectivity index (χ3n) is 4.78. The van der Waals surface area contributed by atoms with Gasteiger partial charge < -0.3 is 14.7 Å². The van der Waals surface area contributed by atoms with Crippen molar-refractivity contribution in [3.63, 3.8) is 0 Å². The van der Waals surface area contributed by atoms with Gasteiger partial charge in [-0.05, 0) is 24.5 Å². The van der Waals surface area contributed by atoms with Crippen LogP contribution >= 0.6 is 0 Å². The van der Waals surface area contributed by atoms with E-state index in [1.54, 1.807) is 22.9 Å². The highest BCUT2D eigenvalue weighted by atomic mass is 16.2. The molecule has 0 bridgehead atoms. The van der Waals surface area contributed by atoms with Crippen molar-refractivity contribution in [2.24, 2.45) is 0 Å². The van der Waals surface area contributed by atoms with Gasteiger partial charge in [0.05, 0.1) is 0 Å². The van der Waals surface area contributed by atoms with E-state index < -0.39 is 0 Å². The van der Waals surface area contributed by atoms with Gasteiger partial charge in [0.15, 0.2) is 0 Å². The summed E-state index contributed by atoms with van der Waals surface area (Å²) in [5, 5.41) is 9.49. The van der Waals surface area contributed by atoms with Crippen LogP contribution in [0.5, 0.6) is 0 Å². The van der Waals surface area contributed by atoms with Crippen LogP contribution < -0.4 is 4.90 Å². The Morgan fingerprint density at radius 2 is 1.84 bits per heavy atom. The lowest BCUT2D eigenvalue weighted by atomic mass is 10.0. The summed E-state index contributed by atoms with van der Waals surface area (Å²) >= 11 is 0. The Balaban J connectivity index is 1.75. The third-order valence-corrected chi connectivity index (χ3v) is 4.78. The normalized spacial score (nSPS) is 17.8. The SMILES string of the molecule is CC(=O)N1CCN(/C=C(/C#N)C(=O)N2CCCc3ccccc32)CC1. The molecular formula is C19H22N4O2. The number of rotatable bonds is 2. The second kappa shape index (κ2) is 7.39. The Labute approximate surface area is 147 Å². The number of anilines is 1. The minimum atomic E-state index is -0.247. The molecule has 1 saturated heterocycles. The van der Waals surface area contributed by atoms with E-state index in [4.69, 9.17) is 0 Å². The number of carbonyl (C=O) groups excluding carboxylic acids is 2. The van der Waals surface area contributed by atoms with E-state index in [0.717, 1.165) is 24.1 Å². The highest BCUT2D eigenvalue weighted by molar-refractivity contribution is 6.08. The van der Waals surface area contributed by atoms with Crippen molar-refractivity contribution in [3.05, 3.63) is 41.6 Å². The van der Waals surface area contributed by atoms with Gasteiger partial charge in [0.1, 0.15) is 11.6 Å². The van der Waals surface area contributed by atoms with Crippen molar-refractivity contribution in [1.29, 1.82) is 5.26 Å². The van der Waals surface area contributed by atoms with Gasteiger partial charge in [-0.15, -0.1) is 0 Å². The fourth-order valence-electron chi connectivity index (χ4n) is 3.37. The molecule has 0 saturated carbocycles. The van der Waals surface area contributed by atoms with Gasteiger partial charge in [0, 0.05) is 51.5 Å². The molecule has 1 aromatic carbocycles. The maximum atomic E-state index is 12.9. The first kappa shape index (κ1) is 17.0. The topological polar surface area (TPSA) is 67.6 Å². The summed E-state index contributed by atoms with van der Waals surface area (Å²) in [4.78, 5) is 29.7. The lowest BCUT2D eigenvalue weighted by Gasteiger charge is -2.34. The standard InChI is InChI=1S/C19H22N4O2/c1-15(24)22-11-9-21(10-12-22)14-17(13-20)19(25)23-8-4-6-16-5-2-3-7-18(16)23/h2-3,5,7,14H,4,6,8-12H2,1H3/b17-14-. The predicted octanol–water partition coefficient (Wildman–Crippen LogP) is 1.54. The van der Waals surface area contributed by atoms with Crippen LogP contribution in [0.15, 0.2) is 36.0 Å². The van der Waals surface area contributed by atoms with Crippen LogP contribution in [0.3, 0.4) is 0 Å². The van der Waals surface area contributed by atoms with E-state index >= 15 is 0 Å². The molecule has 3 rings (SSSR count). The molecule has 0 unspecified atom stereocenters. The van der Waals surface area contributed by atoms with Crippen LogP contribution in [0.2, 0.25) is 0 Å². The Morgan fingerprint density at radius 1 is 1.12 bits per heavy atom. The molecule has 0 spiro atoms. The molecule has 0 atom stereocenters. The molecule has 25 heavy (non-hydrogen) atoms. The van der Waals surface area contributed by atoms with Crippen molar-refractivity contribution in [3.8, 4) is 6.07 Å². The molecule has 2 aliphatic rings.